The van der Waals surface area contributed by atoms with Crippen LogP contribution in [0.25, 0.3) is 0 Å². The van der Waals surface area contributed by atoms with E-state index in [1.165, 1.54) is 12.1 Å². The molecule has 1 aliphatic rings. The number of anilines is 1. The molecule has 0 bridgehead atoms. The van der Waals surface area contributed by atoms with Crippen molar-refractivity contribution in [1.82, 2.24) is 5.32 Å². The number of ether oxygens (including phenoxy) is 2. The highest BCUT2D eigenvalue weighted by atomic mass is 35.5. The van der Waals surface area contributed by atoms with Crippen molar-refractivity contribution in [3.05, 3.63) is 52.0 Å². The standard InChI is InChI=1S/C21H22Cl2N2O4/c1-12(2)9-17(25-20(26)15-5-3-13(22)10-16(15)23)21(27)24-14-4-6-18-19(11-14)29-8-7-28-18/h3-6,10-12,17H,7-9H2,1-2H3,(H,24,27)(H,25,26). The minimum absolute atomic E-state index is 0.187. The number of halogens is 2. The van der Waals surface area contributed by atoms with E-state index in [0.29, 0.717) is 41.8 Å². The molecule has 0 aromatic heterocycles. The van der Waals surface area contributed by atoms with Crippen LogP contribution < -0.4 is 20.1 Å². The summed E-state index contributed by atoms with van der Waals surface area (Å²) in [5, 5.41) is 6.27. The third kappa shape index (κ3) is 5.55. The second-order valence-electron chi connectivity index (χ2n) is 7.13. The molecule has 1 atom stereocenters. The van der Waals surface area contributed by atoms with Gasteiger partial charge in [0.2, 0.25) is 5.91 Å². The summed E-state index contributed by atoms with van der Waals surface area (Å²) in [7, 11) is 0. The molecule has 1 aliphatic heterocycles. The molecule has 2 amide bonds. The number of nitrogens with one attached hydrogen (secondary N) is 2. The topological polar surface area (TPSA) is 76.7 Å². The molecule has 0 radical (unpaired) electrons. The maximum Gasteiger partial charge on any atom is 0.253 e. The van der Waals surface area contributed by atoms with Gasteiger partial charge in [-0.25, -0.2) is 0 Å². The van der Waals surface area contributed by atoms with Crippen molar-refractivity contribution in [3.8, 4) is 11.5 Å². The van der Waals surface area contributed by atoms with Crippen LogP contribution in [-0.2, 0) is 4.79 Å². The lowest BCUT2D eigenvalue weighted by molar-refractivity contribution is -0.118. The van der Waals surface area contributed by atoms with Gasteiger partial charge < -0.3 is 20.1 Å². The first-order valence-corrected chi connectivity index (χ1v) is 10.1. The fourth-order valence-electron chi connectivity index (χ4n) is 2.96. The quantitative estimate of drug-likeness (QED) is 0.696. The lowest BCUT2D eigenvalue weighted by Gasteiger charge is -2.22. The molecule has 3 rings (SSSR count). The van der Waals surface area contributed by atoms with Gasteiger partial charge in [0.15, 0.2) is 11.5 Å². The smallest absolute Gasteiger partial charge is 0.253 e. The van der Waals surface area contributed by atoms with E-state index >= 15 is 0 Å². The van der Waals surface area contributed by atoms with Crippen molar-refractivity contribution in [1.29, 1.82) is 0 Å². The molecule has 8 heteroatoms. The Balaban J connectivity index is 1.73. The zero-order valence-corrected chi connectivity index (χ0v) is 17.6. The molecular weight excluding hydrogens is 415 g/mol. The lowest BCUT2D eigenvalue weighted by Crippen LogP contribution is -2.44. The first-order chi connectivity index (χ1) is 13.8. The largest absolute Gasteiger partial charge is 0.486 e. The maximum absolute atomic E-state index is 12.9. The van der Waals surface area contributed by atoms with Gasteiger partial charge in [0.1, 0.15) is 19.3 Å². The van der Waals surface area contributed by atoms with E-state index in [1.54, 1.807) is 24.3 Å². The summed E-state index contributed by atoms with van der Waals surface area (Å²) in [4.78, 5) is 25.5. The average molecular weight is 437 g/mol. The van der Waals surface area contributed by atoms with Crippen LogP contribution in [0.15, 0.2) is 36.4 Å². The SMILES string of the molecule is CC(C)CC(NC(=O)c1ccc(Cl)cc1Cl)C(=O)Nc1ccc2c(c1)OCCO2. The van der Waals surface area contributed by atoms with Gasteiger partial charge in [-0.15, -0.1) is 0 Å². The summed E-state index contributed by atoms with van der Waals surface area (Å²) >= 11 is 12.0. The Morgan fingerprint density at radius 2 is 1.76 bits per heavy atom. The van der Waals surface area contributed by atoms with E-state index in [1.807, 2.05) is 13.8 Å². The zero-order valence-electron chi connectivity index (χ0n) is 16.1. The van der Waals surface area contributed by atoms with E-state index < -0.39 is 11.9 Å². The summed E-state index contributed by atoms with van der Waals surface area (Å²) in [6.07, 6.45) is 0.466. The van der Waals surface area contributed by atoms with Crippen LogP contribution in [0.4, 0.5) is 5.69 Å². The van der Waals surface area contributed by atoms with E-state index in [2.05, 4.69) is 10.6 Å². The van der Waals surface area contributed by atoms with Gasteiger partial charge in [0, 0.05) is 16.8 Å². The number of amides is 2. The van der Waals surface area contributed by atoms with Crippen LogP contribution in [0.3, 0.4) is 0 Å². The summed E-state index contributed by atoms with van der Waals surface area (Å²) in [5.41, 5.74) is 0.823. The molecular formula is C21H22Cl2N2O4. The normalized spacial score (nSPS) is 13.7. The number of carbonyl (C=O) groups excluding carboxylic acids is 2. The highest BCUT2D eigenvalue weighted by Gasteiger charge is 2.24. The molecule has 0 fully saturated rings. The van der Waals surface area contributed by atoms with E-state index in [0.717, 1.165) is 0 Å². The predicted molar refractivity (Wildman–Crippen MR) is 113 cm³/mol. The van der Waals surface area contributed by atoms with Crippen LogP contribution in [-0.4, -0.2) is 31.1 Å². The Kier molecular flexibility index (Phi) is 6.87. The van der Waals surface area contributed by atoms with Crippen molar-refractivity contribution in [2.45, 2.75) is 26.3 Å². The van der Waals surface area contributed by atoms with Crippen molar-refractivity contribution in [3.63, 3.8) is 0 Å². The first kappa shape index (κ1) is 21.3. The third-order valence-corrected chi connectivity index (χ3v) is 4.86. The Labute approximate surface area is 179 Å². The van der Waals surface area contributed by atoms with Gasteiger partial charge in [-0.2, -0.15) is 0 Å². The monoisotopic (exact) mass is 436 g/mol. The van der Waals surface area contributed by atoms with Gasteiger partial charge in [-0.1, -0.05) is 37.0 Å². The fourth-order valence-corrected chi connectivity index (χ4v) is 3.46. The molecule has 2 N–H and O–H groups in total. The number of hydrogen-bond acceptors (Lipinski definition) is 4. The summed E-state index contributed by atoms with van der Waals surface area (Å²) < 4.78 is 11.0. The Morgan fingerprint density at radius 3 is 2.45 bits per heavy atom. The number of hydrogen-bond donors (Lipinski definition) is 2. The highest BCUT2D eigenvalue weighted by Crippen LogP contribution is 2.32. The first-order valence-electron chi connectivity index (χ1n) is 9.30. The number of fused-ring (bicyclic) bond motifs is 1. The molecule has 154 valence electrons. The van der Waals surface area contributed by atoms with E-state index in [4.69, 9.17) is 32.7 Å². The molecule has 0 spiro atoms. The minimum atomic E-state index is -0.734. The second kappa shape index (κ2) is 9.37. The minimum Gasteiger partial charge on any atom is -0.486 e. The summed E-state index contributed by atoms with van der Waals surface area (Å²) in [6.45, 7) is 4.91. The van der Waals surface area contributed by atoms with Gasteiger partial charge in [-0.05, 0) is 42.7 Å². The molecule has 29 heavy (non-hydrogen) atoms. The number of benzene rings is 2. The third-order valence-electron chi connectivity index (χ3n) is 4.31. The molecule has 2 aromatic carbocycles. The molecule has 1 heterocycles. The van der Waals surface area contributed by atoms with Crippen LogP contribution >= 0.6 is 23.2 Å². The lowest BCUT2D eigenvalue weighted by atomic mass is 10.0. The fraction of sp³-hybridized carbons (Fsp3) is 0.333. The van der Waals surface area contributed by atoms with Crippen molar-refractivity contribution >= 4 is 40.7 Å². The van der Waals surface area contributed by atoms with Crippen molar-refractivity contribution in [2.75, 3.05) is 18.5 Å². The van der Waals surface area contributed by atoms with Crippen LogP contribution in [0.1, 0.15) is 30.6 Å². The van der Waals surface area contributed by atoms with Gasteiger partial charge in [0.05, 0.1) is 10.6 Å². The predicted octanol–water partition coefficient (Wildman–Crippen LogP) is 4.55. The Morgan fingerprint density at radius 1 is 1.03 bits per heavy atom. The van der Waals surface area contributed by atoms with Gasteiger partial charge in [0.25, 0.3) is 5.91 Å². The van der Waals surface area contributed by atoms with E-state index in [9.17, 15) is 9.59 Å². The zero-order chi connectivity index (χ0) is 21.0. The highest BCUT2D eigenvalue weighted by molar-refractivity contribution is 6.36. The number of carbonyl (C=O) groups is 2. The van der Waals surface area contributed by atoms with Crippen molar-refractivity contribution in [2.24, 2.45) is 5.92 Å². The average Bonchev–Trinajstić information content (AvgIpc) is 2.66. The van der Waals surface area contributed by atoms with Crippen LogP contribution in [0.2, 0.25) is 10.0 Å². The maximum atomic E-state index is 12.9. The molecule has 0 saturated carbocycles. The van der Waals surface area contributed by atoms with Gasteiger partial charge >= 0.3 is 0 Å². The van der Waals surface area contributed by atoms with Crippen LogP contribution in [0, 0.1) is 5.92 Å². The number of rotatable bonds is 6. The molecule has 1 unspecified atom stereocenters. The summed E-state index contributed by atoms with van der Waals surface area (Å²) in [5.74, 6) is 0.639. The van der Waals surface area contributed by atoms with E-state index in [-0.39, 0.29) is 22.4 Å². The van der Waals surface area contributed by atoms with Gasteiger partial charge in [-0.3, -0.25) is 9.59 Å². The Hall–Kier alpha value is -2.44. The molecule has 2 aromatic rings. The second-order valence-corrected chi connectivity index (χ2v) is 7.97. The van der Waals surface area contributed by atoms with Crippen molar-refractivity contribution < 1.29 is 19.1 Å². The summed E-state index contributed by atoms with van der Waals surface area (Å²) in [6, 6.07) is 9.05. The Bertz CT molecular complexity index is 918. The molecule has 6 nitrogen and oxygen atoms in total. The van der Waals surface area contributed by atoms with Crippen LogP contribution in [0.5, 0.6) is 11.5 Å². The molecule has 0 saturated heterocycles. The molecule has 0 aliphatic carbocycles.